The highest BCUT2D eigenvalue weighted by molar-refractivity contribution is 6.30. The van der Waals surface area contributed by atoms with Crippen LogP contribution < -0.4 is 10.1 Å². The summed E-state index contributed by atoms with van der Waals surface area (Å²) < 4.78 is 5.40. The summed E-state index contributed by atoms with van der Waals surface area (Å²) in [7, 11) is 1.56. The molecule has 0 bridgehead atoms. The van der Waals surface area contributed by atoms with Gasteiger partial charge in [-0.25, -0.2) is 0 Å². The Hall–Kier alpha value is -2.53. The maximum absolute atomic E-state index is 12.2. The number of nitrogens with one attached hydrogen (secondary N) is 1. The average molecular weight is 361 g/mol. The summed E-state index contributed by atoms with van der Waals surface area (Å²) >= 11 is 5.87. The first-order valence-electron chi connectivity index (χ1n) is 7.85. The maximum atomic E-state index is 12.2. The summed E-state index contributed by atoms with van der Waals surface area (Å²) in [5.41, 5.74) is 2.74. The van der Waals surface area contributed by atoms with E-state index in [2.05, 4.69) is 5.32 Å². The number of carbonyl (C=O) groups is 2. The molecule has 6 heteroatoms. The second-order valence-corrected chi connectivity index (χ2v) is 6.25. The van der Waals surface area contributed by atoms with Gasteiger partial charge in [0, 0.05) is 17.8 Å². The number of anilines is 1. The molecular formula is C19H21ClN2O3. The van der Waals surface area contributed by atoms with Crippen LogP contribution in [-0.2, 0) is 9.59 Å². The minimum Gasteiger partial charge on any atom is -0.484 e. The van der Waals surface area contributed by atoms with Gasteiger partial charge in [-0.2, -0.15) is 0 Å². The fourth-order valence-corrected chi connectivity index (χ4v) is 2.49. The summed E-state index contributed by atoms with van der Waals surface area (Å²) in [4.78, 5) is 25.6. The first-order chi connectivity index (χ1) is 11.9. The molecule has 2 amide bonds. The van der Waals surface area contributed by atoms with Crippen molar-refractivity contribution in [1.29, 1.82) is 0 Å². The van der Waals surface area contributed by atoms with Crippen molar-refractivity contribution in [2.45, 2.75) is 13.8 Å². The number of hydrogen-bond acceptors (Lipinski definition) is 3. The average Bonchev–Trinajstić information content (AvgIpc) is 2.56. The predicted molar refractivity (Wildman–Crippen MR) is 99.1 cm³/mol. The van der Waals surface area contributed by atoms with E-state index in [4.69, 9.17) is 16.3 Å². The zero-order valence-corrected chi connectivity index (χ0v) is 15.3. The topological polar surface area (TPSA) is 58.6 Å². The van der Waals surface area contributed by atoms with Crippen molar-refractivity contribution in [2.75, 3.05) is 25.5 Å². The Kier molecular flexibility index (Phi) is 6.42. The van der Waals surface area contributed by atoms with Gasteiger partial charge < -0.3 is 15.0 Å². The molecule has 2 aromatic rings. The van der Waals surface area contributed by atoms with E-state index in [9.17, 15) is 9.59 Å². The second-order valence-electron chi connectivity index (χ2n) is 5.81. The van der Waals surface area contributed by atoms with Gasteiger partial charge in [0.2, 0.25) is 5.91 Å². The third-order valence-corrected chi connectivity index (χ3v) is 3.95. The maximum Gasteiger partial charge on any atom is 0.260 e. The Morgan fingerprint density at radius 3 is 2.40 bits per heavy atom. The quantitative estimate of drug-likeness (QED) is 0.858. The summed E-state index contributed by atoms with van der Waals surface area (Å²) in [6, 6.07) is 12.6. The lowest BCUT2D eigenvalue weighted by molar-refractivity contribution is -0.135. The van der Waals surface area contributed by atoms with Crippen LogP contribution in [0.2, 0.25) is 5.02 Å². The smallest absolute Gasteiger partial charge is 0.260 e. The number of ether oxygens (including phenoxy) is 1. The number of likely N-dealkylation sites (N-methyl/N-ethyl adjacent to an activating group) is 1. The number of aryl methyl sites for hydroxylation is 2. The zero-order chi connectivity index (χ0) is 18.4. The molecule has 0 radical (unpaired) electrons. The van der Waals surface area contributed by atoms with Gasteiger partial charge in [0.05, 0.1) is 6.54 Å². The van der Waals surface area contributed by atoms with E-state index in [0.717, 1.165) is 16.8 Å². The molecule has 2 rings (SSSR count). The molecule has 0 saturated carbocycles. The fourth-order valence-electron chi connectivity index (χ4n) is 2.31. The fraction of sp³-hybridized carbons (Fsp3) is 0.263. The lowest BCUT2D eigenvalue weighted by Gasteiger charge is -2.18. The molecule has 0 aromatic heterocycles. The molecule has 2 aromatic carbocycles. The van der Waals surface area contributed by atoms with Gasteiger partial charge in [-0.05, 0) is 43.2 Å². The van der Waals surface area contributed by atoms with Gasteiger partial charge >= 0.3 is 0 Å². The van der Waals surface area contributed by atoms with Crippen LogP contribution in [0.25, 0.3) is 0 Å². The van der Waals surface area contributed by atoms with Gasteiger partial charge in [0.1, 0.15) is 5.75 Å². The SMILES string of the molecule is Cc1cccc(C)c1NC(=O)CN(C)C(=O)COc1cccc(Cl)c1. The summed E-state index contributed by atoms with van der Waals surface area (Å²) in [6.45, 7) is 3.64. The first kappa shape index (κ1) is 18.8. The van der Waals surface area contributed by atoms with Crippen molar-refractivity contribution in [1.82, 2.24) is 4.90 Å². The molecule has 0 unspecified atom stereocenters. The Labute approximate surface area is 152 Å². The molecule has 132 valence electrons. The molecule has 0 heterocycles. The Morgan fingerprint density at radius 1 is 1.12 bits per heavy atom. The van der Waals surface area contributed by atoms with Crippen molar-refractivity contribution in [2.24, 2.45) is 0 Å². The minimum absolute atomic E-state index is 0.0501. The molecule has 0 aliphatic carbocycles. The lowest BCUT2D eigenvalue weighted by Crippen LogP contribution is -2.37. The second kappa shape index (κ2) is 8.53. The third kappa shape index (κ3) is 5.50. The van der Waals surface area contributed by atoms with Crippen molar-refractivity contribution >= 4 is 29.1 Å². The Bertz CT molecular complexity index is 757. The summed E-state index contributed by atoms with van der Waals surface area (Å²) in [5.74, 6) is -0.0399. The lowest BCUT2D eigenvalue weighted by atomic mass is 10.1. The summed E-state index contributed by atoms with van der Waals surface area (Å²) in [6.07, 6.45) is 0. The number of para-hydroxylation sites is 1. The molecule has 0 saturated heterocycles. The van der Waals surface area contributed by atoms with E-state index < -0.39 is 0 Å². The Balaban J connectivity index is 1.87. The van der Waals surface area contributed by atoms with Crippen molar-refractivity contribution in [3.63, 3.8) is 0 Å². The van der Waals surface area contributed by atoms with Crippen molar-refractivity contribution < 1.29 is 14.3 Å². The predicted octanol–water partition coefficient (Wildman–Crippen LogP) is 3.43. The molecular weight excluding hydrogens is 340 g/mol. The van der Waals surface area contributed by atoms with Crippen molar-refractivity contribution in [3.8, 4) is 5.75 Å². The monoisotopic (exact) mass is 360 g/mol. The van der Waals surface area contributed by atoms with Gasteiger partial charge in [-0.1, -0.05) is 35.9 Å². The molecule has 0 aliphatic rings. The van der Waals surface area contributed by atoms with Gasteiger partial charge in [0.25, 0.3) is 5.91 Å². The number of benzene rings is 2. The molecule has 25 heavy (non-hydrogen) atoms. The van der Waals surface area contributed by atoms with Crippen LogP contribution in [0.3, 0.4) is 0 Å². The Morgan fingerprint density at radius 2 is 1.76 bits per heavy atom. The van der Waals surface area contributed by atoms with E-state index in [0.29, 0.717) is 10.8 Å². The minimum atomic E-state index is -0.295. The van der Waals surface area contributed by atoms with E-state index in [-0.39, 0.29) is 25.0 Å². The van der Waals surface area contributed by atoms with Crippen LogP contribution in [-0.4, -0.2) is 36.9 Å². The standard InChI is InChI=1S/C19H21ClN2O3/c1-13-6-4-7-14(2)19(13)21-17(23)11-22(3)18(24)12-25-16-9-5-8-15(20)10-16/h4-10H,11-12H2,1-3H3,(H,21,23). The molecule has 5 nitrogen and oxygen atoms in total. The highest BCUT2D eigenvalue weighted by Gasteiger charge is 2.15. The zero-order valence-electron chi connectivity index (χ0n) is 14.5. The molecule has 0 spiro atoms. The van der Waals surface area contributed by atoms with E-state index in [1.54, 1.807) is 31.3 Å². The number of carbonyl (C=O) groups excluding carboxylic acids is 2. The van der Waals surface area contributed by atoms with Crippen LogP contribution in [0.15, 0.2) is 42.5 Å². The number of nitrogens with zero attached hydrogens (tertiary/aromatic N) is 1. The normalized spacial score (nSPS) is 10.2. The first-order valence-corrected chi connectivity index (χ1v) is 8.23. The highest BCUT2D eigenvalue weighted by Crippen LogP contribution is 2.19. The molecule has 0 atom stereocenters. The number of amides is 2. The van der Waals surface area contributed by atoms with Gasteiger partial charge in [-0.15, -0.1) is 0 Å². The number of rotatable bonds is 6. The van der Waals surface area contributed by atoms with Crippen molar-refractivity contribution in [3.05, 3.63) is 58.6 Å². The molecule has 1 N–H and O–H groups in total. The van der Waals surface area contributed by atoms with Crippen LogP contribution in [0, 0.1) is 13.8 Å². The van der Waals surface area contributed by atoms with Crippen LogP contribution in [0.4, 0.5) is 5.69 Å². The van der Waals surface area contributed by atoms with E-state index >= 15 is 0 Å². The largest absolute Gasteiger partial charge is 0.484 e. The number of halogens is 1. The molecule has 0 aliphatic heterocycles. The van der Waals surface area contributed by atoms with Crippen LogP contribution in [0.5, 0.6) is 5.75 Å². The molecule has 0 fully saturated rings. The summed E-state index contributed by atoms with van der Waals surface area (Å²) in [5, 5.41) is 3.39. The number of hydrogen-bond donors (Lipinski definition) is 1. The highest BCUT2D eigenvalue weighted by atomic mass is 35.5. The van der Waals surface area contributed by atoms with Crippen LogP contribution in [0.1, 0.15) is 11.1 Å². The van der Waals surface area contributed by atoms with E-state index in [1.807, 2.05) is 32.0 Å². The van der Waals surface area contributed by atoms with Gasteiger partial charge in [0.15, 0.2) is 6.61 Å². The van der Waals surface area contributed by atoms with Gasteiger partial charge in [-0.3, -0.25) is 9.59 Å². The van der Waals surface area contributed by atoms with Crippen LogP contribution >= 0.6 is 11.6 Å². The van der Waals surface area contributed by atoms with E-state index in [1.165, 1.54) is 4.90 Å². The third-order valence-electron chi connectivity index (χ3n) is 3.71.